The Morgan fingerprint density at radius 2 is 1.76 bits per heavy atom. The number of carbonyl (C=O) groups is 2. The van der Waals surface area contributed by atoms with Crippen molar-refractivity contribution in [3.05, 3.63) is 29.8 Å². The molecule has 1 atom stereocenters. The van der Waals surface area contributed by atoms with E-state index in [0.717, 1.165) is 0 Å². The molecule has 0 fully saturated rings. The normalized spacial score (nSPS) is 12.6. The van der Waals surface area contributed by atoms with Gasteiger partial charge in [-0.3, -0.25) is 4.79 Å². The van der Waals surface area contributed by atoms with Gasteiger partial charge in [-0.2, -0.15) is 0 Å². The van der Waals surface area contributed by atoms with Gasteiger partial charge in [-0.25, -0.2) is 4.79 Å². The molecule has 1 unspecified atom stereocenters. The molecular formula is C16H24N2O3. The monoisotopic (exact) mass is 292 g/mol. The molecule has 0 radical (unpaired) electrons. The van der Waals surface area contributed by atoms with Crippen molar-refractivity contribution in [2.45, 2.75) is 34.1 Å². The summed E-state index contributed by atoms with van der Waals surface area (Å²) in [6.45, 7) is 9.11. The number of carbonyl (C=O) groups excluding carboxylic acids is 1. The van der Waals surface area contributed by atoms with Gasteiger partial charge in [0.25, 0.3) is 0 Å². The predicted octanol–water partition coefficient (Wildman–Crippen LogP) is 3.12. The molecule has 0 aliphatic carbocycles. The van der Waals surface area contributed by atoms with Crippen molar-refractivity contribution in [1.29, 1.82) is 0 Å². The van der Waals surface area contributed by atoms with Crippen LogP contribution in [0.15, 0.2) is 24.3 Å². The van der Waals surface area contributed by atoms with Crippen LogP contribution in [-0.4, -0.2) is 23.7 Å². The number of rotatable bonds is 5. The van der Waals surface area contributed by atoms with Gasteiger partial charge in [-0.05, 0) is 29.0 Å². The van der Waals surface area contributed by atoms with Gasteiger partial charge in [0.05, 0.1) is 6.42 Å². The van der Waals surface area contributed by atoms with E-state index in [9.17, 15) is 9.59 Å². The number of aliphatic carboxylic acids is 1. The third-order valence-corrected chi connectivity index (χ3v) is 3.61. The highest BCUT2D eigenvalue weighted by Crippen LogP contribution is 2.24. The SMILES string of the molecule is CC(CNC(=O)Nc1ccc(CC(=O)O)cc1)C(C)(C)C. The molecule has 0 saturated heterocycles. The van der Waals surface area contributed by atoms with Crippen molar-refractivity contribution in [3.8, 4) is 0 Å². The van der Waals surface area contributed by atoms with Crippen LogP contribution in [0.2, 0.25) is 0 Å². The molecule has 116 valence electrons. The van der Waals surface area contributed by atoms with E-state index in [1.54, 1.807) is 24.3 Å². The number of nitrogens with one attached hydrogen (secondary N) is 2. The Hall–Kier alpha value is -2.04. The van der Waals surface area contributed by atoms with Crippen LogP contribution < -0.4 is 10.6 Å². The molecule has 2 amide bonds. The van der Waals surface area contributed by atoms with Crippen LogP contribution in [-0.2, 0) is 11.2 Å². The number of anilines is 1. The van der Waals surface area contributed by atoms with Crippen LogP contribution in [0, 0.1) is 11.3 Å². The molecule has 0 spiro atoms. The maximum Gasteiger partial charge on any atom is 0.319 e. The van der Waals surface area contributed by atoms with Crippen molar-refractivity contribution in [1.82, 2.24) is 5.32 Å². The summed E-state index contributed by atoms with van der Waals surface area (Å²) in [5, 5.41) is 14.3. The Morgan fingerprint density at radius 1 is 1.19 bits per heavy atom. The fraction of sp³-hybridized carbons (Fsp3) is 0.500. The summed E-state index contributed by atoms with van der Waals surface area (Å²) in [5.74, 6) is -0.509. The van der Waals surface area contributed by atoms with Crippen LogP contribution in [0.25, 0.3) is 0 Å². The maximum atomic E-state index is 11.8. The molecule has 21 heavy (non-hydrogen) atoms. The van der Waals surface area contributed by atoms with Gasteiger partial charge in [-0.1, -0.05) is 39.8 Å². The van der Waals surface area contributed by atoms with E-state index in [1.807, 2.05) is 0 Å². The van der Waals surface area contributed by atoms with Crippen LogP contribution in [0.1, 0.15) is 33.3 Å². The zero-order valence-corrected chi connectivity index (χ0v) is 13.1. The molecule has 5 heteroatoms. The standard InChI is InChI=1S/C16H24N2O3/c1-11(16(2,3)4)10-17-15(21)18-13-7-5-12(6-8-13)9-14(19)20/h5-8,11H,9-10H2,1-4H3,(H,19,20)(H2,17,18,21). The Morgan fingerprint density at radius 3 is 2.24 bits per heavy atom. The van der Waals surface area contributed by atoms with Gasteiger partial charge in [0.1, 0.15) is 0 Å². The summed E-state index contributed by atoms with van der Waals surface area (Å²) < 4.78 is 0. The lowest BCUT2D eigenvalue weighted by atomic mass is 9.82. The van der Waals surface area contributed by atoms with E-state index >= 15 is 0 Å². The number of carboxylic acids is 1. The zero-order chi connectivity index (χ0) is 16.0. The van der Waals surface area contributed by atoms with Gasteiger partial charge in [0.2, 0.25) is 0 Å². The first kappa shape index (κ1) is 17.0. The maximum absolute atomic E-state index is 11.8. The average Bonchev–Trinajstić information content (AvgIpc) is 2.36. The fourth-order valence-electron chi connectivity index (χ4n) is 1.61. The van der Waals surface area contributed by atoms with Crippen molar-refractivity contribution in [2.24, 2.45) is 11.3 Å². The number of hydrogen-bond donors (Lipinski definition) is 3. The van der Waals surface area contributed by atoms with Crippen LogP contribution in [0.5, 0.6) is 0 Å². The Labute approximate surface area is 125 Å². The van der Waals surface area contributed by atoms with Crippen LogP contribution >= 0.6 is 0 Å². The van der Waals surface area contributed by atoms with E-state index in [0.29, 0.717) is 23.7 Å². The summed E-state index contributed by atoms with van der Waals surface area (Å²) >= 11 is 0. The van der Waals surface area contributed by atoms with Gasteiger partial charge < -0.3 is 15.7 Å². The van der Waals surface area contributed by atoms with Crippen molar-refractivity contribution >= 4 is 17.7 Å². The zero-order valence-electron chi connectivity index (χ0n) is 13.1. The van der Waals surface area contributed by atoms with E-state index in [1.165, 1.54) is 0 Å². The van der Waals surface area contributed by atoms with Crippen LogP contribution in [0.4, 0.5) is 10.5 Å². The number of urea groups is 1. The van der Waals surface area contributed by atoms with Gasteiger partial charge in [-0.15, -0.1) is 0 Å². The molecular weight excluding hydrogens is 268 g/mol. The predicted molar refractivity (Wildman–Crippen MR) is 83.4 cm³/mol. The molecule has 0 aliphatic rings. The molecule has 1 aromatic carbocycles. The van der Waals surface area contributed by atoms with Gasteiger partial charge in [0, 0.05) is 12.2 Å². The topological polar surface area (TPSA) is 78.4 Å². The first-order valence-corrected chi connectivity index (χ1v) is 7.04. The summed E-state index contributed by atoms with van der Waals surface area (Å²) in [7, 11) is 0. The van der Waals surface area contributed by atoms with E-state index in [-0.39, 0.29) is 17.9 Å². The minimum absolute atomic E-state index is 0.0183. The molecule has 0 aromatic heterocycles. The lowest BCUT2D eigenvalue weighted by molar-refractivity contribution is -0.136. The lowest BCUT2D eigenvalue weighted by Crippen LogP contribution is -2.36. The molecule has 0 saturated carbocycles. The Balaban J connectivity index is 2.46. The molecule has 3 N–H and O–H groups in total. The third kappa shape index (κ3) is 6.29. The molecule has 1 rings (SSSR count). The second-order valence-electron chi connectivity index (χ2n) is 6.37. The van der Waals surface area contributed by atoms with Crippen molar-refractivity contribution < 1.29 is 14.7 Å². The summed E-state index contributed by atoms with van der Waals surface area (Å²) in [5.41, 5.74) is 1.49. The highest BCUT2D eigenvalue weighted by molar-refractivity contribution is 5.89. The molecule has 1 aromatic rings. The highest BCUT2D eigenvalue weighted by Gasteiger charge is 2.20. The average molecular weight is 292 g/mol. The molecule has 0 aliphatic heterocycles. The summed E-state index contributed by atoms with van der Waals surface area (Å²) in [6, 6.07) is 6.54. The minimum Gasteiger partial charge on any atom is -0.481 e. The fourth-order valence-corrected chi connectivity index (χ4v) is 1.61. The number of carboxylic acid groups (broad SMARTS) is 1. The second kappa shape index (κ2) is 7.11. The van der Waals surface area contributed by atoms with Gasteiger partial charge in [0.15, 0.2) is 0 Å². The smallest absolute Gasteiger partial charge is 0.319 e. The summed E-state index contributed by atoms with van der Waals surface area (Å²) in [6.07, 6.45) is -0.0183. The quantitative estimate of drug-likeness (QED) is 0.780. The largest absolute Gasteiger partial charge is 0.481 e. The first-order valence-electron chi connectivity index (χ1n) is 7.04. The molecule has 0 bridgehead atoms. The van der Waals surface area contributed by atoms with E-state index < -0.39 is 5.97 Å². The Bertz CT molecular complexity index is 489. The lowest BCUT2D eigenvalue weighted by Gasteiger charge is -2.27. The number of benzene rings is 1. The van der Waals surface area contributed by atoms with Gasteiger partial charge >= 0.3 is 12.0 Å². The van der Waals surface area contributed by atoms with Crippen LogP contribution in [0.3, 0.4) is 0 Å². The highest BCUT2D eigenvalue weighted by atomic mass is 16.4. The van der Waals surface area contributed by atoms with E-state index in [4.69, 9.17) is 5.11 Å². The summed E-state index contributed by atoms with van der Waals surface area (Å²) in [4.78, 5) is 22.4. The van der Waals surface area contributed by atoms with Crippen molar-refractivity contribution in [3.63, 3.8) is 0 Å². The minimum atomic E-state index is -0.871. The molecule has 0 heterocycles. The van der Waals surface area contributed by atoms with E-state index in [2.05, 4.69) is 38.3 Å². The van der Waals surface area contributed by atoms with Crippen molar-refractivity contribution in [2.75, 3.05) is 11.9 Å². The first-order chi connectivity index (χ1) is 9.68. The number of hydrogen-bond acceptors (Lipinski definition) is 2. The third-order valence-electron chi connectivity index (χ3n) is 3.61. The Kier molecular flexibility index (Phi) is 5.76. The molecule has 5 nitrogen and oxygen atoms in total. The number of amides is 2. The second-order valence-corrected chi connectivity index (χ2v) is 6.37.